The lowest BCUT2D eigenvalue weighted by Crippen LogP contribution is -2.09. The van der Waals surface area contributed by atoms with E-state index in [0.717, 1.165) is 27.1 Å². The molecule has 1 aromatic heterocycles. The van der Waals surface area contributed by atoms with Gasteiger partial charge in [-0.25, -0.2) is 4.68 Å². The number of hydrogen-bond acceptors (Lipinski definition) is 3. The lowest BCUT2D eigenvalue weighted by molar-refractivity contribution is 0.130. The normalized spacial score (nSPS) is 14.0. The zero-order valence-electron chi connectivity index (χ0n) is 9.19. The highest BCUT2D eigenvalue weighted by molar-refractivity contribution is 9.10. The van der Waals surface area contributed by atoms with E-state index in [1.165, 1.54) is 0 Å². The van der Waals surface area contributed by atoms with Crippen LogP contribution in [0.2, 0.25) is 0 Å². The van der Waals surface area contributed by atoms with Crippen molar-refractivity contribution < 1.29 is 4.74 Å². The van der Waals surface area contributed by atoms with Gasteiger partial charge in [-0.05, 0) is 18.2 Å². The van der Waals surface area contributed by atoms with Crippen LogP contribution < -0.4 is 5.73 Å². The summed E-state index contributed by atoms with van der Waals surface area (Å²) in [5, 5.41) is 4.56. The van der Waals surface area contributed by atoms with Crippen molar-refractivity contribution >= 4 is 15.9 Å². The first-order chi connectivity index (χ1) is 8.29. The lowest BCUT2D eigenvalue weighted by atomic mass is 10.2. The Balaban J connectivity index is 2.15. The van der Waals surface area contributed by atoms with Gasteiger partial charge in [0.2, 0.25) is 0 Å². The van der Waals surface area contributed by atoms with E-state index < -0.39 is 0 Å². The molecule has 2 N–H and O–H groups in total. The van der Waals surface area contributed by atoms with Crippen LogP contribution in [0.15, 0.2) is 28.7 Å². The van der Waals surface area contributed by atoms with Gasteiger partial charge < -0.3 is 10.5 Å². The molecule has 17 heavy (non-hydrogen) atoms. The summed E-state index contributed by atoms with van der Waals surface area (Å²) in [7, 11) is 0. The molecular formula is C12H12BrN3O. The van der Waals surface area contributed by atoms with Crippen LogP contribution >= 0.6 is 15.9 Å². The number of fused-ring (bicyclic) bond motifs is 1. The van der Waals surface area contributed by atoms with Gasteiger partial charge in [-0.3, -0.25) is 0 Å². The quantitative estimate of drug-likeness (QED) is 0.923. The van der Waals surface area contributed by atoms with Gasteiger partial charge in [0.25, 0.3) is 0 Å². The zero-order valence-corrected chi connectivity index (χ0v) is 10.8. The molecule has 0 aliphatic carbocycles. The highest BCUT2D eigenvalue weighted by Crippen LogP contribution is 2.26. The Morgan fingerprint density at radius 2 is 2.29 bits per heavy atom. The van der Waals surface area contributed by atoms with Gasteiger partial charge in [0.05, 0.1) is 30.3 Å². The minimum Gasteiger partial charge on any atom is -0.370 e. The monoisotopic (exact) mass is 293 g/mol. The third-order valence-corrected chi connectivity index (χ3v) is 3.40. The third kappa shape index (κ3) is 1.80. The van der Waals surface area contributed by atoms with Crippen molar-refractivity contribution in [2.45, 2.75) is 19.8 Å². The predicted molar refractivity (Wildman–Crippen MR) is 67.6 cm³/mol. The van der Waals surface area contributed by atoms with Crippen LogP contribution in [0.1, 0.15) is 17.0 Å². The molecule has 0 fully saturated rings. The fourth-order valence-electron chi connectivity index (χ4n) is 2.10. The Morgan fingerprint density at radius 3 is 3.06 bits per heavy atom. The predicted octanol–water partition coefficient (Wildman–Crippen LogP) is 2.12. The summed E-state index contributed by atoms with van der Waals surface area (Å²) in [6.45, 7) is 1.68. The average Bonchev–Trinajstić information content (AvgIpc) is 2.88. The van der Waals surface area contributed by atoms with Crippen LogP contribution in [0.3, 0.4) is 0 Å². The standard InChI is InChI=1S/C12H12BrN3O/c13-8-2-1-3-9(4-8)16-12(5-14)10-6-17-7-11(10)15-16/h1-4H,5-7,14H2. The van der Waals surface area contributed by atoms with E-state index in [0.29, 0.717) is 19.8 Å². The molecule has 0 saturated heterocycles. The summed E-state index contributed by atoms with van der Waals surface area (Å²) in [6.07, 6.45) is 0. The molecule has 1 aliphatic rings. The second kappa shape index (κ2) is 4.25. The maximum Gasteiger partial charge on any atom is 0.0945 e. The van der Waals surface area contributed by atoms with Gasteiger partial charge in [-0.15, -0.1) is 0 Å². The first-order valence-electron chi connectivity index (χ1n) is 5.43. The Hall–Kier alpha value is -1.17. The second-order valence-corrected chi connectivity index (χ2v) is 4.88. The number of benzene rings is 1. The fourth-order valence-corrected chi connectivity index (χ4v) is 2.49. The Labute approximate surface area is 108 Å². The zero-order chi connectivity index (χ0) is 11.8. The van der Waals surface area contributed by atoms with E-state index in [-0.39, 0.29) is 0 Å². The summed E-state index contributed by atoms with van der Waals surface area (Å²) < 4.78 is 8.32. The van der Waals surface area contributed by atoms with Crippen LogP contribution in [0.4, 0.5) is 0 Å². The van der Waals surface area contributed by atoms with Crippen molar-refractivity contribution in [3.8, 4) is 5.69 Å². The fraction of sp³-hybridized carbons (Fsp3) is 0.250. The van der Waals surface area contributed by atoms with Crippen LogP contribution in [-0.4, -0.2) is 9.78 Å². The van der Waals surface area contributed by atoms with Crippen LogP contribution in [0.5, 0.6) is 0 Å². The number of aromatic nitrogens is 2. The Kier molecular flexibility index (Phi) is 2.74. The molecule has 4 nitrogen and oxygen atoms in total. The third-order valence-electron chi connectivity index (χ3n) is 2.90. The van der Waals surface area contributed by atoms with Crippen LogP contribution in [-0.2, 0) is 24.5 Å². The molecule has 88 valence electrons. The smallest absolute Gasteiger partial charge is 0.0945 e. The highest BCUT2D eigenvalue weighted by Gasteiger charge is 2.22. The lowest BCUT2D eigenvalue weighted by Gasteiger charge is -2.08. The number of nitrogens with zero attached hydrogens (tertiary/aromatic N) is 2. The molecule has 1 aromatic carbocycles. The summed E-state index contributed by atoms with van der Waals surface area (Å²) in [6, 6.07) is 8.03. The number of ether oxygens (including phenoxy) is 1. The molecule has 0 spiro atoms. The van der Waals surface area contributed by atoms with E-state index in [4.69, 9.17) is 10.5 Å². The molecular weight excluding hydrogens is 282 g/mol. The molecule has 0 unspecified atom stereocenters. The molecule has 3 rings (SSSR count). The molecule has 0 saturated carbocycles. The van der Waals surface area contributed by atoms with Crippen molar-refractivity contribution in [1.29, 1.82) is 0 Å². The minimum atomic E-state index is 0.470. The topological polar surface area (TPSA) is 53.1 Å². The van der Waals surface area contributed by atoms with E-state index in [9.17, 15) is 0 Å². The van der Waals surface area contributed by atoms with Crippen molar-refractivity contribution in [3.05, 3.63) is 45.7 Å². The van der Waals surface area contributed by atoms with Crippen LogP contribution in [0, 0.1) is 0 Å². The Bertz CT molecular complexity index is 565. The van der Waals surface area contributed by atoms with Crippen molar-refractivity contribution in [2.24, 2.45) is 5.73 Å². The average molecular weight is 294 g/mol. The Morgan fingerprint density at radius 1 is 1.41 bits per heavy atom. The minimum absolute atomic E-state index is 0.470. The number of hydrogen-bond donors (Lipinski definition) is 1. The molecule has 2 heterocycles. The van der Waals surface area contributed by atoms with E-state index in [1.807, 2.05) is 28.9 Å². The summed E-state index contributed by atoms with van der Waals surface area (Å²) in [5.41, 5.74) is 10.0. The largest absolute Gasteiger partial charge is 0.370 e. The highest BCUT2D eigenvalue weighted by atomic mass is 79.9. The molecule has 1 aliphatic heterocycles. The SMILES string of the molecule is NCc1c2c(nn1-c1cccc(Br)c1)COC2. The van der Waals surface area contributed by atoms with E-state index in [2.05, 4.69) is 21.0 Å². The van der Waals surface area contributed by atoms with Crippen LogP contribution in [0.25, 0.3) is 5.69 Å². The molecule has 2 aromatic rings. The van der Waals surface area contributed by atoms with Gasteiger partial charge in [-0.2, -0.15) is 5.10 Å². The van der Waals surface area contributed by atoms with Crippen molar-refractivity contribution in [3.63, 3.8) is 0 Å². The van der Waals surface area contributed by atoms with Gasteiger partial charge in [-0.1, -0.05) is 22.0 Å². The second-order valence-electron chi connectivity index (χ2n) is 3.96. The van der Waals surface area contributed by atoms with Gasteiger partial charge >= 0.3 is 0 Å². The van der Waals surface area contributed by atoms with E-state index >= 15 is 0 Å². The number of nitrogens with two attached hydrogens (primary N) is 1. The first kappa shape index (κ1) is 11.0. The molecule has 0 radical (unpaired) electrons. The van der Waals surface area contributed by atoms with Gasteiger partial charge in [0.15, 0.2) is 0 Å². The summed E-state index contributed by atoms with van der Waals surface area (Å²) in [5.74, 6) is 0. The number of rotatable bonds is 2. The van der Waals surface area contributed by atoms with Gasteiger partial charge in [0, 0.05) is 16.6 Å². The maximum atomic E-state index is 5.82. The summed E-state index contributed by atoms with van der Waals surface area (Å²) in [4.78, 5) is 0. The molecule has 0 atom stereocenters. The number of halogens is 1. The van der Waals surface area contributed by atoms with Gasteiger partial charge in [0.1, 0.15) is 0 Å². The molecule has 5 heteroatoms. The summed E-state index contributed by atoms with van der Waals surface area (Å²) >= 11 is 3.47. The van der Waals surface area contributed by atoms with Crippen molar-refractivity contribution in [2.75, 3.05) is 0 Å². The van der Waals surface area contributed by atoms with Crippen molar-refractivity contribution in [1.82, 2.24) is 9.78 Å². The molecule has 0 bridgehead atoms. The first-order valence-corrected chi connectivity index (χ1v) is 6.22. The molecule has 0 amide bonds. The maximum absolute atomic E-state index is 5.82. The van der Waals surface area contributed by atoms with E-state index in [1.54, 1.807) is 0 Å².